The Bertz CT molecular complexity index is 570. The van der Waals surface area contributed by atoms with Crippen molar-refractivity contribution in [1.29, 1.82) is 0 Å². The first-order valence-electron chi connectivity index (χ1n) is 7.10. The van der Waals surface area contributed by atoms with Crippen molar-refractivity contribution in [3.63, 3.8) is 0 Å². The monoisotopic (exact) mass is 279 g/mol. The lowest BCUT2D eigenvalue weighted by Gasteiger charge is -2.21. The fraction of sp³-hybridized carbons (Fsp3) is 0.211. The van der Waals surface area contributed by atoms with Crippen LogP contribution >= 0.6 is 0 Å². The van der Waals surface area contributed by atoms with E-state index in [4.69, 9.17) is 0 Å². The first kappa shape index (κ1) is 15.0. The van der Waals surface area contributed by atoms with Gasteiger partial charge in [0.2, 0.25) is 0 Å². The van der Waals surface area contributed by atoms with E-state index in [0.717, 1.165) is 11.4 Å². The summed E-state index contributed by atoms with van der Waals surface area (Å²) in [7, 11) is 0. The van der Waals surface area contributed by atoms with Crippen LogP contribution in [0.15, 0.2) is 72.9 Å². The normalized spacial score (nSPS) is 11.6. The lowest BCUT2D eigenvalue weighted by Crippen LogP contribution is -2.18. The first-order valence-corrected chi connectivity index (χ1v) is 7.10. The van der Waals surface area contributed by atoms with Crippen LogP contribution in [0.3, 0.4) is 0 Å². The highest BCUT2D eigenvalue weighted by Gasteiger charge is 2.18. The topological polar surface area (TPSA) is 20.3 Å². The lowest BCUT2D eigenvalue weighted by molar-refractivity contribution is -0.121. The summed E-state index contributed by atoms with van der Waals surface area (Å²) in [6.45, 7) is 5.78. The molecule has 0 fully saturated rings. The van der Waals surface area contributed by atoms with Gasteiger partial charge >= 0.3 is 0 Å². The van der Waals surface area contributed by atoms with Crippen molar-refractivity contribution in [2.75, 3.05) is 4.90 Å². The number of carbonyl (C=O) groups is 1. The predicted molar refractivity (Wildman–Crippen MR) is 88.6 cm³/mol. The smallest absolute Gasteiger partial charge is 0.162 e. The average Bonchev–Trinajstić information content (AvgIpc) is 2.48. The Morgan fingerprint density at radius 3 is 1.67 bits per heavy atom. The van der Waals surface area contributed by atoms with Gasteiger partial charge in [0.05, 0.1) is 0 Å². The van der Waals surface area contributed by atoms with E-state index < -0.39 is 0 Å². The molecule has 0 aliphatic rings. The second-order valence-corrected chi connectivity index (χ2v) is 5.97. The highest BCUT2D eigenvalue weighted by atomic mass is 16.1. The van der Waals surface area contributed by atoms with Crippen molar-refractivity contribution < 1.29 is 4.79 Å². The zero-order valence-electron chi connectivity index (χ0n) is 12.8. The maximum absolute atomic E-state index is 12.1. The van der Waals surface area contributed by atoms with E-state index in [1.54, 1.807) is 6.08 Å². The molecule has 0 heterocycles. The van der Waals surface area contributed by atoms with E-state index in [0.29, 0.717) is 0 Å². The molecule has 0 saturated heterocycles. The molecule has 2 heteroatoms. The van der Waals surface area contributed by atoms with Gasteiger partial charge in [-0.05, 0) is 30.3 Å². The van der Waals surface area contributed by atoms with Gasteiger partial charge in [-0.3, -0.25) is 4.79 Å². The lowest BCUT2D eigenvalue weighted by atomic mass is 9.91. The van der Waals surface area contributed by atoms with Crippen LogP contribution in [-0.4, -0.2) is 5.78 Å². The summed E-state index contributed by atoms with van der Waals surface area (Å²) in [6, 6.07) is 20.0. The van der Waals surface area contributed by atoms with Gasteiger partial charge < -0.3 is 4.90 Å². The summed E-state index contributed by atoms with van der Waals surface area (Å²) in [5, 5.41) is 0. The van der Waals surface area contributed by atoms with E-state index in [-0.39, 0.29) is 11.2 Å². The quantitative estimate of drug-likeness (QED) is 0.738. The van der Waals surface area contributed by atoms with E-state index in [9.17, 15) is 4.79 Å². The van der Waals surface area contributed by atoms with Gasteiger partial charge in [0.25, 0.3) is 0 Å². The standard InChI is InChI=1S/C19H21NO/c1-19(2,3)18(21)14-15-20(16-10-6-4-7-11-16)17-12-8-5-9-13-17/h4-15H,1-3H3/b15-14+. The van der Waals surface area contributed by atoms with E-state index in [1.165, 1.54) is 0 Å². The van der Waals surface area contributed by atoms with Crippen molar-refractivity contribution in [2.45, 2.75) is 20.8 Å². The average molecular weight is 279 g/mol. The van der Waals surface area contributed by atoms with Crippen LogP contribution in [0.4, 0.5) is 11.4 Å². The molecule has 108 valence electrons. The van der Waals surface area contributed by atoms with E-state index >= 15 is 0 Å². The van der Waals surface area contributed by atoms with Crippen molar-refractivity contribution in [3.8, 4) is 0 Å². The van der Waals surface area contributed by atoms with Gasteiger partial charge in [-0.25, -0.2) is 0 Å². The minimum absolute atomic E-state index is 0.111. The van der Waals surface area contributed by atoms with Crippen molar-refractivity contribution in [2.24, 2.45) is 5.41 Å². The molecule has 0 saturated carbocycles. The Hall–Kier alpha value is -2.35. The molecular formula is C19H21NO. The highest BCUT2D eigenvalue weighted by molar-refractivity contribution is 5.94. The Balaban J connectivity index is 2.34. The number of rotatable bonds is 4. The van der Waals surface area contributed by atoms with Crippen molar-refractivity contribution in [1.82, 2.24) is 0 Å². The number of hydrogen-bond donors (Lipinski definition) is 0. The summed E-state index contributed by atoms with van der Waals surface area (Å²) in [4.78, 5) is 14.1. The number of carbonyl (C=O) groups excluding carboxylic acids is 1. The maximum Gasteiger partial charge on any atom is 0.162 e. The third-order valence-corrected chi connectivity index (χ3v) is 3.18. The van der Waals surface area contributed by atoms with Gasteiger partial charge in [0.1, 0.15) is 0 Å². The largest absolute Gasteiger partial charge is 0.317 e. The third-order valence-electron chi connectivity index (χ3n) is 3.18. The molecule has 0 radical (unpaired) electrons. The molecular weight excluding hydrogens is 258 g/mol. The molecule has 0 spiro atoms. The summed E-state index contributed by atoms with van der Waals surface area (Å²) in [6.07, 6.45) is 3.50. The van der Waals surface area contributed by atoms with E-state index in [1.807, 2.05) is 92.5 Å². The summed E-state index contributed by atoms with van der Waals surface area (Å²) < 4.78 is 0. The number of ketones is 1. The number of nitrogens with zero attached hydrogens (tertiary/aromatic N) is 1. The number of hydrogen-bond acceptors (Lipinski definition) is 2. The van der Waals surface area contributed by atoms with Crippen LogP contribution in [0.1, 0.15) is 20.8 Å². The van der Waals surface area contributed by atoms with Crippen LogP contribution in [0, 0.1) is 5.41 Å². The van der Waals surface area contributed by atoms with Crippen LogP contribution in [0.5, 0.6) is 0 Å². The summed E-state index contributed by atoms with van der Waals surface area (Å²) >= 11 is 0. The molecule has 21 heavy (non-hydrogen) atoms. The summed E-state index contributed by atoms with van der Waals surface area (Å²) in [5.74, 6) is 0.111. The zero-order valence-corrected chi connectivity index (χ0v) is 12.8. The second kappa shape index (κ2) is 6.40. The Labute approximate surface area is 126 Å². The highest BCUT2D eigenvalue weighted by Crippen LogP contribution is 2.25. The fourth-order valence-corrected chi connectivity index (χ4v) is 1.89. The molecule has 0 amide bonds. The molecule has 0 bridgehead atoms. The van der Waals surface area contributed by atoms with Crippen LogP contribution < -0.4 is 4.90 Å². The summed E-state index contributed by atoms with van der Waals surface area (Å²) in [5.41, 5.74) is 1.69. The molecule has 2 aromatic rings. The maximum atomic E-state index is 12.1. The molecule has 2 aromatic carbocycles. The third kappa shape index (κ3) is 4.06. The molecule has 0 aliphatic carbocycles. The number of anilines is 2. The van der Waals surface area contributed by atoms with Crippen molar-refractivity contribution in [3.05, 3.63) is 72.9 Å². The molecule has 2 rings (SSSR count). The van der Waals surface area contributed by atoms with Crippen molar-refractivity contribution >= 4 is 17.2 Å². The molecule has 0 aliphatic heterocycles. The van der Waals surface area contributed by atoms with Gasteiger partial charge in [0, 0.05) is 23.0 Å². The molecule has 2 nitrogen and oxygen atoms in total. The van der Waals surface area contributed by atoms with Crippen LogP contribution in [0.25, 0.3) is 0 Å². The van der Waals surface area contributed by atoms with Gasteiger partial charge in [-0.15, -0.1) is 0 Å². The predicted octanol–water partition coefficient (Wildman–Crippen LogP) is 4.95. The zero-order chi connectivity index (χ0) is 15.3. The second-order valence-electron chi connectivity index (χ2n) is 5.97. The molecule has 0 unspecified atom stereocenters. The van der Waals surface area contributed by atoms with Crippen LogP contribution in [-0.2, 0) is 4.79 Å². The van der Waals surface area contributed by atoms with Gasteiger partial charge in [-0.2, -0.15) is 0 Å². The molecule has 0 atom stereocenters. The minimum atomic E-state index is -0.366. The number of para-hydroxylation sites is 2. The Kier molecular flexibility index (Phi) is 4.59. The minimum Gasteiger partial charge on any atom is -0.317 e. The fourth-order valence-electron chi connectivity index (χ4n) is 1.89. The molecule has 0 aromatic heterocycles. The van der Waals surface area contributed by atoms with Gasteiger partial charge in [0.15, 0.2) is 5.78 Å². The molecule has 0 N–H and O–H groups in total. The first-order chi connectivity index (χ1) is 9.98. The Morgan fingerprint density at radius 1 is 0.857 bits per heavy atom. The Morgan fingerprint density at radius 2 is 1.29 bits per heavy atom. The van der Waals surface area contributed by atoms with E-state index in [2.05, 4.69) is 0 Å². The number of benzene rings is 2. The van der Waals surface area contributed by atoms with Gasteiger partial charge in [-0.1, -0.05) is 57.2 Å². The van der Waals surface area contributed by atoms with Crippen LogP contribution in [0.2, 0.25) is 0 Å². The number of allylic oxidation sites excluding steroid dienone is 1. The SMILES string of the molecule is CC(C)(C)C(=O)/C=C/N(c1ccccc1)c1ccccc1.